The van der Waals surface area contributed by atoms with Crippen LogP contribution in [-0.2, 0) is 12.0 Å². The third-order valence-electron chi connectivity index (χ3n) is 3.66. The highest BCUT2D eigenvalue weighted by atomic mass is 16.3. The van der Waals surface area contributed by atoms with E-state index in [0.29, 0.717) is 11.4 Å². The van der Waals surface area contributed by atoms with E-state index in [9.17, 15) is 5.11 Å². The van der Waals surface area contributed by atoms with Gasteiger partial charge >= 0.3 is 0 Å². The van der Waals surface area contributed by atoms with Crippen LogP contribution in [0.1, 0.15) is 44.8 Å². The van der Waals surface area contributed by atoms with Gasteiger partial charge in [-0.1, -0.05) is 39.8 Å². The molecule has 0 aliphatic rings. The van der Waals surface area contributed by atoms with E-state index in [1.807, 2.05) is 57.2 Å². The first-order valence-corrected chi connectivity index (χ1v) is 7.00. The zero-order valence-electron chi connectivity index (χ0n) is 12.6. The highest BCUT2D eigenvalue weighted by Crippen LogP contribution is 2.42. The average molecular weight is 270 g/mol. The molecule has 0 aromatic carbocycles. The van der Waals surface area contributed by atoms with Gasteiger partial charge in [0.25, 0.3) is 0 Å². The number of nitrogens with zero attached hydrogens (tertiary/aromatic N) is 2. The lowest BCUT2D eigenvalue weighted by Gasteiger charge is -2.39. The predicted octanol–water partition coefficient (Wildman–Crippen LogP) is 3.32. The second-order valence-corrected chi connectivity index (χ2v) is 6.04. The van der Waals surface area contributed by atoms with Crippen LogP contribution in [-0.4, -0.2) is 15.1 Å². The molecule has 0 aliphatic carbocycles. The summed E-state index contributed by atoms with van der Waals surface area (Å²) in [6.45, 7) is 8.06. The van der Waals surface area contributed by atoms with Crippen molar-refractivity contribution in [1.82, 2.24) is 9.97 Å². The topological polar surface area (TPSA) is 46.0 Å². The Morgan fingerprint density at radius 1 is 1.00 bits per heavy atom. The smallest absolute Gasteiger partial charge is 0.153 e. The van der Waals surface area contributed by atoms with Gasteiger partial charge in [-0.3, -0.25) is 9.97 Å². The average Bonchev–Trinajstić information content (AvgIpc) is 2.46. The van der Waals surface area contributed by atoms with Gasteiger partial charge in [-0.25, -0.2) is 0 Å². The first-order chi connectivity index (χ1) is 9.39. The lowest BCUT2D eigenvalue weighted by Crippen LogP contribution is -2.42. The summed E-state index contributed by atoms with van der Waals surface area (Å²) >= 11 is 0. The van der Waals surface area contributed by atoms with E-state index in [1.165, 1.54) is 0 Å². The number of aliphatic hydroxyl groups is 1. The molecule has 1 N–H and O–H groups in total. The molecule has 0 spiro atoms. The Kier molecular flexibility index (Phi) is 3.91. The van der Waals surface area contributed by atoms with E-state index in [2.05, 4.69) is 16.9 Å². The van der Waals surface area contributed by atoms with Crippen LogP contribution in [0.5, 0.6) is 0 Å². The largest absolute Gasteiger partial charge is 0.377 e. The number of aryl methyl sites for hydroxylation is 1. The van der Waals surface area contributed by atoms with Crippen LogP contribution in [0, 0.1) is 5.41 Å². The molecule has 106 valence electrons. The molecule has 2 heterocycles. The molecule has 1 atom stereocenters. The van der Waals surface area contributed by atoms with Gasteiger partial charge in [-0.2, -0.15) is 0 Å². The molecule has 20 heavy (non-hydrogen) atoms. The molecule has 0 fully saturated rings. The van der Waals surface area contributed by atoms with Crippen molar-refractivity contribution in [2.45, 2.75) is 39.7 Å². The van der Waals surface area contributed by atoms with Crippen LogP contribution in [0.15, 0.2) is 42.6 Å². The highest BCUT2D eigenvalue weighted by molar-refractivity contribution is 5.31. The Labute approximate surface area is 120 Å². The maximum atomic E-state index is 11.4. The van der Waals surface area contributed by atoms with Crippen molar-refractivity contribution in [2.24, 2.45) is 5.41 Å². The number of hydrogen-bond acceptors (Lipinski definition) is 3. The lowest BCUT2D eigenvalue weighted by molar-refractivity contribution is -0.0333. The summed E-state index contributed by atoms with van der Waals surface area (Å²) in [6.07, 6.45) is 2.55. The van der Waals surface area contributed by atoms with Crippen molar-refractivity contribution in [1.29, 1.82) is 0 Å². The molecule has 0 amide bonds. The minimum atomic E-state index is -1.21. The number of hydrogen-bond donors (Lipinski definition) is 1. The summed E-state index contributed by atoms with van der Waals surface area (Å²) in [6, 6.07) is 11.4. The maximum absolute atomic E-state index is 11.4. The summed E-state index contributed by atoms with van der Waals surface area (Å²) in [5, 5.41) is 11.4. The van der Waals surface area contributed by atoms with E-state index in [4.69, 9.17) is 0 Å². The summed E-state index contributed by atoms with van der Waals surface area (Å²) < 4.78 is 0. The van der Waals surface area contributed by atoms with Crippen LogP contribution in [0.25, 0.3) is 0 Å². The Morgan fingerprint density at radius 3 is 2.25 bits per heavy atom. The summed E-state index contributed by atoms with van der Waals surface area (Å²) in [5.74, 6) is 0. The lowest BCUT2D eigenvalue weighted by atomic mass is 9.72. The van der Waals surface area contributed by atoms with Gasteiger partial charge in [0.05, 0.1) is 11.4 Å². The zero-order valence-corrected chi connectivity index (χ0v) is 12.6. The first kappa shape index (κ1) is 14.7. The maximum Gasteiger partial charge on any atom is 0.153 e. The van der Waals surface area contributed by atoms with Crippen molar-refractivity contribution in [2.75, 3.05) is 0 Å². The minimum Gasteiger partial charge on any atom is -0.377 e. The summed E-state index contributed by atoms with van der Waals surface area (Å²) in [4.78, 5) is 8.98. The Bertz CT molecular complexity index is 575. The fraction of sp³-hybridized carbons (Fsp3) is 0.412. The quantitative estimate of drug-likeness (QED) is 0.930. The van der Waals surface area contributed by atoms with Gasteiger partial charge in [0.15, 0.2) is 5.60 Å². The van der Waals surface area contributed by atoms with E-state index in [-0.39, 0.29) is 0 Å². The first-order valence-electron chi connectivity index (χ1n) is 7.00. The van der Waals surface area contributed by atoms with Gasteiger partial charge in [0.2, 0.25) is 0 Å². The van der Waals surface area contributed by atoms with E-state index < -0.39 is 11.0 Å². The monoisotopic (exact) mass is 270 g/mol. The normalized spacial score (nSPS) is 14.8. The van der Waals surface area contributed by atoms with E-state index in [1.54, 1.807) is 6.20 Å². The van der Waals surface area contributed by atoms with Gasteiger partial charge in [-0.05, 0) is 30.7 Å². The molecule has 0 radical (unpaired) electrons. The molecule has 2 aromatic rings. The van der Waals surface area contributed by atoms with Crippen molar-refractivity contribution < 1.29 is 5.11 Å². The van der Waals surface area contributed by atoms with Crippen molar-refractivity contribution >= 4 is 0 Å². The van der Waals surface area contributed by atoms with Crippen molar-refractivity contribution in [3.8, 4) is 0 Å². The van der Waals surface area contributed by atoms with Gasteiger partial charge in [-0.15, -0.1) is 0 Å². The van der Waals surface area contributed by atoms with Crippen molar-refractivity contribution in [3.05, 3.63) is 59.7 Å². The zero-order chi connectivity index (χ0) is 14.8. The molecule has 1 unspecified atom stereocenters. The molecule has 2 aromatic heterocycles. The SMILES string of the molecule is CCc1cccc(C(O)(c2ccccn2)C(C)(C)C)n1. The fourth-order valence-electron chi connectivity index (χ4n) is 2.35. The van der Waals surface area contributed by atoms with Crippen LogP contribution < -0.4 is 0 Å². The fourth-order valence-corrected chi connectivity index (χ4v) is 2.35. The van der Waals surface area contributed by atoms with Gasteiger partial charge in [0.1, 0.15) is 0 Å². The third-order valence-corrected chi connectivity index (χ3v) is 3.66. The molecular formula is C17H22N2O. The number of rotatable bonds is 3. The molecule has 2 rings (SSSR count). The molecule has 0 saturated heterocycles. The molecule has 0 saturated carbocycles. The Hall–Kier alpha value is -1.74. The molecule has 3 heteroatoms. The number of pyridine rings is 2. The third kappa shape index (κ3) is 2.46. The second-order valence-electron chi connectivity index (χ2n) is 6.04. The van der Waals surface area contributed by atoms with E-state index in [0.717, 1.165) is 12.1 Å². The molecular weight excluding hydrogens is 248 g/mol. The standard InChI is InChI=1S/C17H22N2O/c1-5-13-9-8-11-15(19-13)17(20,16(2,3)4)14-10-6-7-12-18-14/h6-12,20H,5H2,1-4H3. The highest BCUT2D eigenvalue weighted by Gasteiger charge is 2.45. The van der Waals surface area contributed by atoms with Gasteiger partial charge in [0, 0.05) is 17.3 Å². The minimum absolute atomic E-state index is 0.416. The predicted molar refractivity (Wildman–Crippen MR) is 80.3 cm³/mol. The Morgan fingerprint density at radius 2 is 1.70 bits per heavy atom. The molecule has 0 bridgehead atoms. The number of aromatic nitrogens is 2. The summed E-state index contributed by atoms with van der Waals surface area (Å²) in [7, 11) is 0. The van der Waals surface area contributed by atoms with Crippen LogP contribution in [0.3, 0.4) is 0 Å². The van der Waals surface area contributed by atoms with Gasteiger partial charge < -0.3 is 5.11 Å². The van der Waals surface area contributed by atoms with Crippen LogP contribution in [0.2, 0.25) is 0 Å². The van der Waals surface area contributed by atoms with Crippen LogP contribution >= 0.6 is 0 Å². The Balaban J connectivity index is 2.64. The van der Waals surface area contributed by atoms with Crippen molar-refractivity contribution in [3.63, 3.8) is 0 Å². The summed E-state index contributed by atoms with van der Waals surface area (Å²) in [5.41, 5.74) is 0.637. The van der Waals surface area contributed by atoms with E-state index >= 15 is 0 Å². The second kappa shape index (κ2) is 5.33. The van der Waals surface area contributed by atoms with Crippen LogP contribution in [0.4, 0.5) is 0 Å². The molecule has 0 aliphatic heterocycles. The molecule has 3 nitrogen and oxygen atoms in total.